The summed E-state index contributed by atoms with van der Waals surface area (Å²) < 4.78 is 10.4. The van der Waals surface area contributed by atoms with E-state index in [0.29, 0.717) is 30.9 Å². The van der Waals surface area contributed by atoms with E-state index in [1.807, 2.05) is 31.2 Å². The molecular formula is C25H29NO5. The number of aliphatic hydroxyl groups is 1. The lowest BCUT2D eigenvalue weighted by Crippen LogP contribution is -2.31. The van der Waals surface area contributed by atoms with Crippen molar-refractivity contribution in [3.63, 3.8) is 0 Å². The number of hydrogen-bond donors (Lipinski definition) is 1. The molecular weight excluding hydrogens is 394 g/mol. The third-order valence-corrected chi connectivity index (χ3v) is 5.66. The van der Waals surface area contributed by atoms with Gasteiger partial charge in [-0.05, 0) is 54.7 Å². The van der Waals surface area contributed by atoms with Gasteiger partial charge in [0.1, 0.15) is 11.5 Å². The summed E-state index contributed by atoms with van der Waals surface area (Å²) in [6, 6.07) is 12.4. The molecule has 0 radical (unpaired) electrons. The standard InChI is InChI=1S/C25H29NO5/c1-5-17-7-9-18(10-8-17)22-21(24(28)25(29)26(22)13-6-14-30-3)23(27)19-11-12-20(31-4)16(2)15-19/h7-12,15,22,27H,5-6,13-14H2,1-4H3. The van der Waals surface area contributed by atoms with E-state index in [2.05, 4.69) is 6.92 Å². The molecule has 6 heteroatoms. The van der Waals surface area contributed by atoms with Crippen LogP contribution in [0.2, 0.25) is 0 Å². The first-order valence-electron chi connectivity index (χ1n) is 10.4. The van der Waals surface area contributed by atoms with E-state index < -0.39 is 17.7 Å². The van der Waals surface area contributed by atoms with Crippen LogP contribution in [0.4, 0.5) is 0 Å². The molecule has 1 atom stereocenters. The quantitative estimate of drug-likeness (QED) is 0.300. The van der Waals surface area contributed by atoms with E-state index in [1.54, 1.807) is 32.4 Å². The average molecular weight is 424 g/mol. The lowest BCUT2D eigenvalue weighted by atomic mass is 9.94. The molecule has 0 bridgehead atoms. The molecule has 1 aliphatic heterocycles. The molecule has 164 valence electrons. The number of rotatable bonds is 8. The Kier molecular flexibility index (Phi) is 7.13. The smallest absolute Gasteiger partial charge is 0.295 e. The monoisotopic (exact) mass is 423 g/mol. The Balaban J connectivity index is 2.11. The summed E-state index contributed by atoms with van der Waals surface area (Å²) in [6.45, 7) is 4.76. The number of ether oxygens (including phenoxy) is 2. The predicted molar refractivity (Wildman–Crippen MR) is 119 cm³/mol. The van der Waals surface area contributed by atoms with Crippen LogP contribution in [0.1, 0.15) is 41.6 Å². The van der Waals surface area contributed by atoms with Crippen LogP contribution in [-0.4, -0.2) is 49.1 Å². The van der Waals surface area contributed by atoms with E-state index in [0.717, 1.165) is 23.1 Å². The van der Waals surface area contributed by atoms with Crippen LogP contribution >= 0.6 is 0 Å². The Morgan fingerprint density at radius 1 is 1.10 bits per heavy atom. The molecule has 0 saturated carbocycles. The van der Waals surface area contributed by atoms with Crippen molar-refractivity contribution in [2.75, 3.05) is 27.4 Å². The Labute approximate surface area is 183 Å². The minimum Gasteiger partial charge on any atom is -0.507 e. The number of amides is 1. The van der Waals surface area contributed by atoms with Gasteiger partial charge < -0.3 is 19.5 Å². The summed E-state index contributed by atoms with van der Waals surface area (Å²) in [4.78, 5) is 27.4. The van der Waals surface area contributed by atoms with Crippen LogP contribution in [0.5, 0.6) is 5.75 Å². The first-order chi connectivity index (χ1) is 14.9. The largest absolute Gasteiger partial charge is 0.507 e. The first kappa shape index (κ1) is 22.6. The van der Waals surface area contributed by atoms with Gasteiger partial charge in [0.05, 0.1) is 18.7 Å². The number of aliphatic hydroxyl groups excluding tert-OH is 1. The zero-order chi connectivity index (χ0) is 22.5. The third-order valence-electron chi connectivity index (χ3n) is 5.66. The number of methoxy groups -OCH3 is 2. The molecule has 3 rings (SSSR count). The fraction of sp³-hybridized carbons (Fsp3) is 0.360. The summed E-state index contributed by atoms with van der Waals surface area (Å²) in [5, 5.41) is 11.1. The summed E-state index contributed by atoms with van der Waals surface area (Å²) >= 11 is 0. The second-order valence-electron chi connectivity index (χ2n) is 7.62. The molecule has 1 saturated heterocycles. The summed E-state index contributed by atoms with van der Waals surface area (Å²) in [6.07, 6.45) is 1.48. The number of benzene rings is 2. The second-order valence-corrected chi connectivity index (χ2v) is 7.62. The zero-order valence-corrected chi connectivity index (χ0v) is 18.5. The predicted octanol–water partition coefficient (Wildman–Crippen LogP) is 4.02. The van der Waals surface area contributed by atoms with Gasteiger partial charge in [0, 0.05) is 25.8 Å². The molecule has 6 nitrogen and oxygen atoms in total. The molecule has 31 heavy (non-hydrogen) atoms. The molecule has 1 N–H and O–H groups in total. The van der Waals surface area contributed by atoms with E-state index in [-0.39, 0.29) is 11.3 Å². The normalized spacial score (nSPS) is 17.9. The van der Waals surface area contributed by atoms with Gasteiger partial charge in [-0.15, -0.1) is 0 Å². The minimum atomic E-state index is -0.673. The van der Waals surface area contributed by atoms with E-state index in [4.69, 9.17) is 9.47 Å². The number of carbonyl (C=O) groups excluding carboxylic acids is 2. The van der Waals surface area contributed by atoms with Crippen LogP contribution in [-0.2, 0) is 20.7 Å². The van der Waals surface area contributed by atoms with Gasteiger partial charge in [0.25, 0.3) is 11.7 Å². The van der Waals surface area contributed by atoms with Crippen molar-refractivity contribution in [3.8, 4) is 5.75 Å². The van der Waals surface area contributed by atoms with Crippen LogP contribution in [0.15, 0.2) is 48.0 Å². The zero-order valence-electron chi connectivity index (χ0n) is 18.5. The number of likely N-dealkylation sites (tertiary alicyclic amines) is 1. The molecule has 1 aliphatic rings. The van der Waals surface area contributed by atoms with E-state index in [9.17, 15) is 14.7 Å². The molecule has 1 heterocycles. The maximum absolute atomic E-state index is 13.0. The van der Waals surface area contributed by atoms with E-state index in [1.165, 1.54) is 4.90 Å². The lowest BCUT2D eigenvalue weighted by molar-refractivity contribution is -0.140. The maximum atomic E-state index is 13.0. The maximum Gasteiger partial charge on any atom is 0.295 e. The highest BCUT2D eigenvalue weighted by atomic mass is 16.5. The number of carbonyl (C=O) groups is 2. The molecule has 0 aromatic heterocycles. The van der Waals surface area contributed by atoms with Crippen molar-refractivity contribution < 1.29 is 24.2 Å². The Bertz CT molecular complexity index is 993. The summed E-state index contributed by atoms with van der Waals surface area (Å²) in [7, 11) is 3.18. The second kappa shape index (κ2) is 9.79. The van der Waals surface area contributed by atoms with Crippen molar-refractivity contribution in [2.24, 2.45) is 0 Å². The van der Waals surface area contributed by atoms with Gasteiger partial charge in [-0.1, -0.05) is 31.2 Å². The molecule has 1 unspecified atom stereocenters. The van der Waals surface area contributed by atoms with Gasteiger partial charge in [-0.2, -0.15) is 0 Å². The Morgan fingerprint density at radius 3 is 2.39 bits per heavy atom. The van der Waals surface area contributed by atoms with E-state index >= 15 is 0 Å². The third kappa shape index (κ3) is 4.49. The van der Waals surface area contributed by atoms with Crippen LogP contribution in [0.3, 0.4) is 0 Å². The van der Waals surface area contributed by atoms with Crippen molar-refractivity contribution in [1.82, 2.24) is 4.90 Å². The highest BCUT2D eigenvalue weighted by Crippen LogP contribution is 2.40. The lowest BCUT2D eigenvalue weighted by Gasteiger charge is -2.25. The minimum absolute atomic E-state index is 0.108. The van der Waals surface area contributed by atoms with Crippen molar-refractivity contribution in [3.05, 3.63) is 70.3 Å². The van der Waals surface area contributed by atoms with Crippen LogP contribution < -0.4 is 4.74 Å². The number of Topliss-reactive ketones (excluding diaryl/α,β-unsaturated/α-hetero) is 1. The van der Waals surface area contributed by atoms with Gasteiger partial charge in [0.15, 0.2) is 0 Å². The topological polar surface area (TPSA) is 76.1 Å². The number of aryl methyl sites for hydroxylation is 2. The van der Waals surface area contributed by atoms with Gasteiger partial charge >= 0.3 is 0 Å². The summed E-state index contributed by atoms with van der Waals surface area (Å²) in [5.41, 5.74) is 3.36. The number of nitrogens with zero attached hydrogens (tertiary/aromatic N) is 1. The van der Waals surface area contributed by atoms with Crippen molar-refractivity contribution in [2.45, 2.75) is 32.7 Å². The summed E-state index contributed by atoms with van der Waals surface area (Å²) in [5.74, 6) is -0.772. The SMILES string of the molecule is CCc1ccc(C2C(=C(O)c3ccc(OC)c(C)c3)C(=O)C(=O)N2CCCOC)cc1. The molecule has 2 aromatic rings. The molecule has 1 fully saturated rings. The van der Waals surface area contributed by atoms with Crippen LogP contribution in [0, 0.1) is 6.92 Å². The fourth-order valence-corrected chi connectivity index (χ4v) is 3.95. The fourth-order valence-electron chi connectivity index (χ4n) is 3.95. The number of hydrogen-bond acceptors (Lipinski definition) is 5. The molecule has 0 spiro atoms. The highest BCUT2D eigenvalue weighted by molar-refractivity contribution is 6.46. The highest BCUT2D eigenvalue weighted by Gasteiger charge is 2.45. The number of ketones is 1. The average Bonchev–Trinajstić information content (AvgIpc) is 3.03. The first-order valence-corrected chi connectivity index (χ1v) is 10.4. The van der Waals surface area contributed by atoms with Gasteiger partial charge in [-0.3, -0.25) is 9.59 Å². The Morgan fingerprint density at radius 2 is 1.81 bits per heavy atom. The molecule has 2 aromatic carbocycles. The van der Waals surface area contributed by atoms with Crippen LogP contribution in [0.25, 0.3) is 5.76 Å². The molecule has 0 aliphatic carbocycles. The van der Waals surface area contributed by atoms with Crippen molar-refractivity contribution >= 4 is 17.4 Å². The Hall–Kier alpha value is -3.12. The van der Waals surface area contributed by atoms with Crippen molar-refractivity contribution in [1.29, 1.82) is 0 Å². The van der Waals surface area contributed by atoms with Gasteiger partial charge in [-0.25, -0.2) is 0 Å². The van der Waals surface area contributed by atoms with Gasteiger partial charge in [0.2, 0.25) is 0 Å². The molecule has 1 amide bonds.